The lowest BCUT2D eigenvalue weighted by Crippen LogP contribution is -2.49. The van der Waals surface area contributed by atoms with Gasteiger partial charge in [0.05, 0.1) is 17.5 Å². The molecule has 1 aromatic carbocycles. The number of amides is 2. The average molecular weight is 511 g/mol. The average Bonchev–Trinajstić information content (AvgIpc) is 2.57. The Kier molecular flexibility index (Phi) is 10.1. The zero-order valence-electron chi connectivity index (χ0n) is 13.8. The molecule has 1 aromatic rings. The molecule has 2 amide bonds. The highest BCUT2D eigenvalue weighted by atomic mass is 79.9. The maximum Gasteiger partial charge on any atom is 0.306 e. The van der Waals surface area contributed by atoms with Crippen LogP contribution in [0.2, 0.25) is 0 Å². The molecule has 0 spiro atoms. The van der Waals surface area contributed by atoms with Crippen LogP contribution in [0.3, 0.4) is 0 Å². The van der Waals surface area contributed by atoms with Crippen molar-refractivity contribution in [1.82, 2.24) is 16.2 Å². The van der Waals surface area contributed by atoms with Gasteiger partial charge in [-0.25, -0.2) is 0 Å². The lowest BCUT2D eigenvalue weighted by Gasteiger charge is -2.12. The van der Waals surface area contributed by atoms with Gasteiger partial charge in [0.25, 0.3) is 5.91 Å². The van der Waals surface area contributed by atoms with Crippen LogP contribution < -0.4 is 20.9 Å². The molecule has 0 radical (unpaired) electrons. The first-order valence-electron chi connectivity index (χ1n) is 7.44. The summed E-state index contributed by atoms with van der Waals surface area (Å²) in [5.41, 5.74) is 4.66. The van der Waals surface area contributed by atoms with Gasteiger partial charge in [-0.3, -0.25) is 25.2 Å². The van der Waals surface area contributed by atoms with E-state index in [0.717, 1.165) is 4.47 Å². The lowest BCUT2D eigenvalue weighted by atomic mass is 10.3. The van der Waals surface area contributed by atoms with E-state index in [1.165, 1.54) is 0 Å². The van der Waals surface area contributed by atoms with E-state index in [1.54, 1.807) is 25.1 Å². The van der Waals surface area contributed by atoms with Gasteiger partial charge in [-0.15, -0.1) is 0 Å². The molecule has 0 bridgehead atoms. The smallest absolute Gasteiger partial charge is 0.306 e. The number of benzene rings is 1. The maximum atomic E-state index is 11.7. The van der Waals surface area contributed by atoms with Crippen LogP contribution in [0.5, 0.6) is 5.75 Å². The van der Waals surface area contributed by atoms with Crippen LogP contribution in [-0.4, -0.2) is 36.1 Å². The number of rotatable bonds is 7. The Balaban J connectivity index is 2.26. The van der Waals surface area contributed by atoms with Crippen LogP contribution in [0.25, 0.3) is 0 Å². The normalized spacial score (nSPS) is 9.81. The topological polar surface area (TPSA) is 106 Å². The minimum absolute atomic E-state index is 0.0510. The van der Waals surface area contributed by atoms with Crippen LogP contribution in [0.15, 0.2) is 27.1 Å². The summed E-state index contributed by atoms with van der Waals surface area (Å²) in [6, 6.07) is 5.26. The number of hydrogen-bond acceptors (Lipinski definition) is 6. The van der Waals surface area contributed by atoms with Crippen molar-refractivity contribution in [2.75, 3.05) is 13.2 Å². The third kappa shape index (κ3) is 9.11. The van der Waals surface area contributed by atoms with Gasteiger partial charge in [0, 0.05) is 10.9 Å². The highest BCUT2D eigenvalue weighted by Crippen LogP contribution is 2.27. The number of nitrogens with one attached hydrogen (secondary N) is 3. The van der Waals surface area contributed by atoms with E-state index in [9.17, 15) is 14.4 Å². The molecular formula is C15H17Br2N3O5S. The van der Waals surface area contributed by atoms with Crippen LogP contribution in [0.1, 0.15) is 19.8 Å². The minimum Gasteiger partial charge on any atom is -0.483 e. The van der Waals surface area contributed by atoms with Crippen molar-refractivity contribution in [3.05, 3.63) is 27.1 Å². The maximum absolute atomic E-state index is 11.7. The molecule has 1 rings (SSSR count). The summed E-state index contributed by atoms with van der Waals surface area (Å²) in [7, 11) is 0. The second-order valence-electron chi connectivity index (χ2n) is 4.72. The van der Waals surface area contributed by atoms with E-state index < -0.39 is 17.8 Å². The predicted molar refractivity (Wildman–Crippen MR) is 105 cm³/mol. The van der Waals surface area contributed by atoms with E-state index in [-0.39, 0.29) is 31.2 Å². The molecule has 26 heavy (non-hydrogen) atoms. The molecule has 0 aliphatic carbocycles. The molecule has 0 heterocycles. The van der Waals surface area contributed by atoms with Gasteiger partial charge in [-0.2, -0.15) is 0 Å². The lowest BCUT2D eigenvalue weighted by molar-refractivity contribution is -0.144. The summed E-state index contributed by atoms with van der Waals surface area (Å²) in [5.74, 6) is -0.938. The van der Waals surface area contributed by atoms with Crippen molar-refractivity contribution in [3.63, 3.8) is 0 Å². The van der Waals surface area contributed by atoms with Gasteiger partial charge in [-0.1, -0.05) is 15.9 Å². The van der Waals surface area contributed by atoms with Gasteiger partial charge < -0.3 is 14.8 Å². The van der Waals surface area contributed by atoms with Crippen LogP contribution in [0.4, 0.5) is 0 Å². The van der Waals surface area contributed by atoms with Crippen LogP contribution >= 0.6 is 44.1 Å². The van der Waals surface area contributed by atoms with Gasteiger partial charge in [-0.05, 0) is 53.3 Å². The van der Waals surface area contributed by atoms with Crippen molar-refractivity contribution < 1.29 is 23.9 Å². The molecule has 0 saturated heterocycles. The summed E-state index contributed by atoms with van der Waals surface area (Å²) < 4.78 is 11.6. The second-order valence-corrected chi connectivity index (χ2v) is 6.90. The third-order valence-electron chi connectivity index (χ3n) is 2.68. The molecule has 0 unspecified atom stereocenters. The molecule has 8 nitrogen and oxygen atoms in total. The van der Waals surface area contributed by atoms with E-state index in [0.29, 0.717) is 10.2 Å². The third-order valence-corrected chi connectivity index (χ3v) is 4.00. The number of ether oxygens (including phenoxy) is 2. The van der Waals surface area contributed by atoms with Gasteiger partial charge in [0.1, 0.15) is 5.75 Å². The molecule has 11 heteroatoms. The first kappa shape index (κ1) is 22.3. The number of carbonyl (C=O) groups excluding carboxylic acids is 3. The van der Waals surface area contributed by atoms with Crippen LogP contribution in [0, 0.1) is 0 Å². The largest absolute Gasteiger partial charge is 0.483 e. The van der Waals surface area contributed by atoms with Gasteiger partial charge in [0.2, 0.25) is 5.91 Å². The molecule has 0 atom stereocenters. The molecular weight excluding hydrogens is 494 g/mol. The summed E-state index contributed by atoms with van der Waals surface area (Å²) in [5, 5.41) is 2.23. The predicted octanol–water partition coefficient (Wildman–Crippen LogP) is 1.96. The number of halogens is 2. The summed E-state index contributed by atoms with van der Waals surface area (Å²) >= 11 is 11.5. The van der Waals surface area contributed by atoms with E-state index in [2.05, 4.69) is 48.0 Å². The Morgan fingerprint density at radius 3 is 2.50 bits per heavy atom. The second kappa shape index (κ2) is 11.8. The number of hydrazine groups is 1. The summed E-state index contributed by atoms with van der Waals surface area (Å²) in [6.07, 6.45) is -0.125. The monoisotopic (exact) mass is 509 g/mol. The zero-order chi connectivity index (χ0) is 19.5. The number of carbonyl (C=O) groups is 3. The molecule has 3 N–H and O–H groups in total. The van der Waals surface area contributed by atoms with Crippen molar-refractivity contribution >= 4 is 67.0 Å². The molecule has 142 valence electrons. The first-order chi connectivity index (χ1) is 12.3. The fourth-order valence-corrected chi connectivity index (χ4v) is 2.89. The van der Waals surface area contributed by atoms with Crippen molar-refractivity contribution in [2.24, 2.45) is 0 Å². The molecule has 0 saturated carbocycles. The van der Waals surface area contributed by atoms with Gasteiger partial charge in [0.15, 0.2) is 11.7 Å². The Morgan fingerprint density at radius 2 is 1.85 bits per heavy atom. The van der Waals surface area contributed by atoms with E-state index >= 15 is 0 Å². The van der Waals surface area contributed by atoms with Gasteiger partial charge >= 0.3 is 5.97 Å². The number of thiocarbonyl (C=S) groups is 1. The Morgan fingerprint density at radius 1 is 1.12 bits per heavy atom. The molecule has 0 aromatic heterocycles. The highest BCUT2D eigenvalue weighted by Gasteiger charge is 2.10. The Labute approximate surface area is 172 Å². The molecule has 0 fully saturated rings. The highest BCUT2D eigenvalue weighted by molar-refractivity contribution is 9.11. The van der Waals surface area contributed by atoms with Crippen molar-refractivity contribution in [2.45, 2.75) is 19.8 Å². The SMILES string of the molecule is CCOC(=O)CCC(=O)NC(=S)NNC(=O)COc1ccc(Br)cc1Br. The quantitative estimate of drug-likeness (QED) is 0.292. The van der Waals surface area contributed by atoms with Crippen molar-refractivity contribution in [1.29, 1.82) is 0 Å². The number of esters is 1. The summed E-state index contributed by atoms with van der Waals surface area (Å²) in [6.45, 7) is 1.68. The molecule has 0 aliphatic rings. The van der Waals surface area contributed by atoms with Crippen molar-refractivity contribution in [3.8, 4) is 5.75 Å². The standard InChI is InChI=1S/C15H17Br2N3O5S/c1-2-24-14(23)6-5-12(21)18-15(26)20-19-13(22)8-25-11-4-3-9(16)7-10(11)17/h3-4,7H,2,5-6,8H2,1H3,(H,19,22)(H2,18,20,21,26). The Bertz CT molecular complexity index is 687. The number of hydrogen-bond donors (Lipinski definition) is 3. The van der Waals surface area contributed by atoms with E-state index in [1.807, 2.05) is 0 Å². The van der Waals surface area contributed by atoms with Crippen LogP contribution in [-0.2, 0) is 19.1 Å². The fourth-order valence-electron chi connectivity index (χ4n) is 1.57. The first-order valence-corrected chi connectivity index (χ1v) is 9.43. The minimum atomic E-state index is -0.497. The van der Waals surface area contributed by atoms with E-state index in [4.69, 9.17) is 21.7 Å². The fraction of sp³-hybridized carbons (Fsp3) is 0.333. The molecule has 0 aliphatic heterocycles. The summed E-state index contributed by atoms with van der Waals surface area (Å²) in [4.78, 5) is 34.5. The zero-order valence-corrected chi connectivity index (χ0v) is 17.8. The Hall–Kier alpha value is -1.72.